The third-order valence-electron chi connectivity index (χ3n) is 2.38. The number of benzene rings is 1. The van der Waals surface area contributed by atoms with Gasteiger partial charge in [-0.15, -0.1) is 0 Å². The number of phenols is 1. The lowest BCUT2D eigenvalue weighted by Crippen LogP contribution is -1.81. The van der Waals surface area contributed by atoms with Gasteiger partial charge in [0.15, 0.2) is 17.4 Å². The molecule has 0 bridgehead atoms. The molecule has 0 atom stereocenters. The van der Waals surface area contributed by atoms with Gasteiger partial charge in [-0.3, -0.25) is 5.10 Å². The minimum Gasteiger partial charge on any atom is -0.507 e. The number of aromatic nitrogens is 3. The van der Waals surface area contributed by atoms with Gasteiger partial charge in [-0.2, -0.15) is 5.10 Å². The van der Waals surface area contributed by atoms with Gasteiger partial charge in [-0.25, -0.2) is 4.98 Å². The Balaban J connectivity index is 2.04. The minimum absolute atomic E-state index is 0.150. The van der Waals surface area contributed by atoms with Crippen molar-refractivity contribution in [3.63, 3.8) is 0 Å². The van der Waals surface area contributed by atoms with Crippen molar-refractivity contribution in [3.05, 3.63) is 42.7 Å². The molecule has 17 heavy (non-hydrogen) atoms. The number of nitrogens with one attached hydrogen (secondary N) is 1. The number of furan rings is 1. The van der Waals surface area contributed by atoms with Gasteiger partial charge >= 0.3 is 0 Å². The summed E-state index contributed by atoms with van der Waals surface area (Å²) in [6.45, 7) is 0. The summed E-state index contributed by atoms with van der Waals surface area (Å²) < 4.78 is 5.20. The van der Waals surface area contributed by atoms with Crippen molar-refractivity contribution in [2.24, 2.45) is 0 Å². The molecule has 2 N–H and O–H groups in total. The average molecular weight is 227 g/mol. The van der Waals surface area contributed by atoms with Crippen molar-refractivity contribution in [2.45, 2.75) is 0 Å². The van der Waals surface area contributed by atoms with Crippen molar-refractivity contribution < 1.29 is 9.52 Å². The summed E-state index contributed by atoms with van der Waals surface area (Å²) in [5.74, 6) is 1.74. The van der Waals surface area contributed by atoms with Crippen molar-refractivity contribution in [1.82, 2.24) is 15.2 Å². The zero-order chi connectivity index (χ0) is 11.7. The summed E-state index contributed by atoms with van der Waals surface area (Å²) in [5, 5.41) is 16.5. The molecule has 0 saturated carbocycles. The third kappa shape index (κ3) is 1.67. The summed E-state index contributed by atoms with van der Waals surface area (Å²) in [7, 11) is 0. The van der Waals surface area contributed by atoms with Crippen LogP contribution in [0.3, 0.4) is 0 Å². The molecule has 3 rings (SSSR count). The molecule has 5 heteroatoms. The molecule has 0 aliphatic rings. The van der Waals surface area contributed by atoms with Gasteiger partial charge in [-0.05, 0) is 24.3 Å². The van der Waals surface area contributed by atoms with Crippen molar-refractivity contribution in [2.75, 3.05) is 0 Å². The normalized spacial score (nSPS) is 10.6. The first-order valence-electron chi connectivity index (χ1n) is 5.09. The molecular formula is C12H9N3O2. The Bertz CT molecular complexity index is 629. The highest BCUT2D eigenvalue weighted by Crippen LogP contribution is 2.27. The molecule has 5 nitrogen and oxygen atoms in total. The Morgan fingerprint density at radius 1 is 1.12 bits per heavy atom. The molecule has 2 aromatic heterocycles. The second kappa shape index (κ2) is 3.79. The molecule has 3 aromatic rings. The SMILES string of the molecule is Oc1ccccc1-c1n[nH]c(-c2ccco2)n1. The Hall–Kier alpha value is -2.56. The van der Waals surface area contributed by atoms with E-state index in [2.05, 4.69) is 15.2 Å². The molecule has 84 valence electrons. The van der Waals surface area contributed by atoms with Crippen LogP contribution in [-0.2, 0) is 0 Å². The van der Waals surface area contributed by atoms with Gasteiger partial charge in [-0.1, -0.05) is 12.1 Å². The zero-order valence-corrected chi connectivity index (χ0v) is 8.79. The lowest BCUT2D eigenvalue weighted by Gasteiger charge is -1.97. The molecule has 0 amide bonds. The average Bonchev–Trinajstić information content (AvgIpc) is 3.00. The molecule has 0 saturated heterocycles. The van der Waals surface area contributed by atoms with Gasteiger partial charge in [0.1, 0.15) is 5.75 Å². The minimum atomic E-state index is 0.150. The number of hydrogen-bond acceptors (Lipinski definition) is 4. The maximum Gasteiger partial charge on any atom is 0.192 e. The van der Waals surface area contributed by atoms with Crippen LogP contribution in [0.4, 0.5) is 0 Å². The predicted molar refractivity (Wildman–Crippen MR) is 61.2 cm³/mol. The van der Waals surface area contributed by atoms with Crippen LogP contribution < -0.4 is 0 Å². The second-order valence-electron chi connectivity index (χ2n) is 3.50. The number of para-hydroxylation sites is 1. The second-order valence-corrected chi connectivity index (χ2v) is 3.50. The van der Waals surface area contributed by atoms with Gasteiger partial charge in [0, 0.05) is 0 Å². The monoisotopic (exact) mass is 227 g/mol. The molecule has 2 heterocycles. The van der Waals surface area contributed by atoms with Crippen LogP contribution in [0.5, 0.6) is 5.75 Å². The smallest absolute Gasteiger partial charge is 0.192 e. The first-order chi connectivity index (χ1) is 8.34. The number of rotatable bonds is 2. The van der Waals surface area contributed by atoms with Crippen LogP contribution in [0.1, 0.15) is 0 Å². The molecule has 0 aliphatic carbocycles. The van der Waals surface area contributed by atoms with E-state index in [-0.39, 0.29) is 5.75 Å². The maximum absolute atomic E-state index is 9.69. The van der Waals surface area contributed by atoms with E-state index in [1.165, 1.54) is 0 Å². The Morgan fingerprint density at radius 2 is 2.00 bits per heavy atom. The number of hydrogen-bond donors (Lipinski definition) is 2. The van der Waals surface area contributed by atoms with Crippen LogP contribution in [0.25, 0.3) is 23.0 Å². The number of aromatic hydroxyl groups is 1. The highest BCUT2D eigenvalue weighted by atomic mass is 16.3. The summed E-state index contributed by atoms with van der Waals surface area (Å²) in [5.41, 5.74) is 0.585. The predicted octanol–water partition coefficient (Wildman–Crippen LogP) is 2.44. The fourth-order valence-corrected chi connectivity index (χ4v) is 1.57. The summed E-state index contributed by atoms with van der Waals surface area (Å²) in [4.78, 5) is 4.26. The van der Waals surface area contributed by atoms with E-state index in [4.69, 9.17) is 4.42 Å². The molecule has 0 spiro atoms. The largest absolute Gasteiger partial charge is 0.507 e. The standard InChI is InChI=1S/C12H9N3O2/c16-9-5-2-1-4-8(9)11-13-12(15-14-11)10-6-3-7-17-10/h1-7,16H,(H,13,14,15). The van der Waals surface area contributed by atoms with Gasteiger partial charge in [0.05, 0.1) is 11.8 Å². The fourth-order valence-electron chi connectivity index (χ4n) is 1.57. The molecule has 1 aromatic carbocycles. The number of aromatic amines is 1. The topological polar surface area (TPSA) is 74.9 Å². The van der Waals surface area contributed by atoms with Crippen molar-refractivity contribution >= 4 is 0 Å². The van der Waals surface area contributed by atoms with Gasteiger partial charge < -0.3 is 9.52 Å². The molecule has 0 fully saturated rings. The van der Waals surface area contributed by atoms with Gasteiger partial charge in [0.2, 0.25) is 0 Å². The highest BCUT2D eigenvalue weighted by molar-refractivity contribution is 5.64. The van der Waals surface area contributed by atoms with Crippen LogP contribution >= 0.6 is 0 Å². The van der Waals surface area contributed by atoms with E-state index < -0.39 is 0 Å². The summed E-state index contributed by atoms with van der Waals surface area (Å²) in [6.07, 6.45) is 1.57. The van der Waals surface area contributed by atoms with E-state index in [0.717, 1.165) is 0 Å². The highest BCUT2D eigenvalue weighted by Gasteiger charge is 2.11. The van der Waals surface area contributed by atoms with E-state index in [1.54, 1.807) is 36.6 Å². The lowest BCUT2D eigenvalue weighted by molar-refractivity contribution is 0.477. The summed E-state index contributed by atoms with van der Waals surface area (Å²) in [6, 6.07) is 10.5. The zero-order valence-electron chi connectivity index (χ0n) is 8.79. The molecule has 0 radical (unpaired) electrons. The fraction of sp³-hybridized carbons (Fsp3) is 0. The van der Waals surface area contributed by atoms with Crippen LogP contribution in [0.15, 0.2) is 47.1 Å². The quantitative estimate of drug-likeness (QED) is 0.705. The molecular weight excluding hydrogens is 218 g/mol. The number of phenolic OH excluding ortho intramolecular Hbond substituents is 1. The van der Waals surface area contributed by atoms with Gasteiger partial charge in [0.25, 0.3) is 0 Å². The first kappa shape index (κ1) is 9.65. The molecule has 0 unspecified atom stereocenters. The number of nitrogens with zero attached hydrogens (tertiary/aromatic N) is 2. The van der Waals surface area contributed by atoms with E-state index >= 15 is 0 Å². The van der Waals surface area contributed by atoms with E-state index in [9.17, 15) is 5.11 Å². The van der Waals surface area contributed by atoms with Crippen LogP contribution in [-0.4, -0.2) is 20.3 Å². The Kier molecular flexibility index (Phi) is 2.15. The van der Waals surface area contributed by atoms with Crippen LogP contribution in [0, 0.1) is 0 Å². The lowest BCUT2D eigenvalue weighted by atomic mass is 10.2. The van der Waals surface area contributed by atoms with Crippen molar-refractivity contribution in [3.8, 4) is 28.7 Å². The Labute approximate surface area is 96.8 Å². The van der Waals surface area contributed by atoms with E-state index in [1.807, 2.05) is 6.07 Å². The summed E-state index contributed by atoms with van der Waals surface area (Å²) >= 11 is 0. The molecule has 0 aliphatic heterocycles. The first-order valence-corrected chi connectivity index (χ1v) is 5.09. The van der Waals surface area contributed by atoms with E-state index in [0.29, 0.717) is 23.0 Å². The third-order valence-corrected chi connectivity index (χ3v) is 2.38. The van der Waals surface area contributed by atoms with Crippen LogP contribution in [0.2, 0.25) is 0 Å². The van der Waals surface area contributed by atoms with Crippen molar-refractivity contribution in [1.29, 1.82) is 0 Å². The number of H-pyrrole nitrogens is 1. The maximum atomic E-state index is 9.69. The Morgan fingerprint density at radius 3 is 2.76 bits per heavy atom.